The number of aromatic nitrogens is 3. The first-order valence-corrected chi connectivity index (χ1v) is 9.27. The van der Waals surface area contributed by atoms with Gasteiger partial charge in [0.05, 0.1) is 23.3 Å². The van der Waals surface area contributed by atoms with E-state index in [9.17, 15) is 0 Å². The van der Waals surface area contributed by atoms with Gasteiger partial charge in [-0.05, 0) is 49.6 Å². The van der Waals surface area contributed by atoms with Crippen LogP contribution in [-0.2, 0) is 6.54 Å². The Balaban J connectivity index is 1.34. The van der Waals surface area contributed by atoms with Gasteiger partial charge in [-0.2, -0.15) is 5.10 Å². The molecule has 134 valence electrons. The molecule has 0 saturated carbocycles. The number of benzene rings is 1. The fraction of sp³-hybridized carbons (Fsp3) is 0.333. The van der Waals surface area contributed by atoms with E-state index in [2.05, 4.69) is 51.5 Å². The van der Waals surface area contributed by atoms with E-state index in [-0.39, 0.29) is 0 Å². The summed E-state index contributed by atoms with van der Waals surface area (Å²) >= 11 is 0. The lowest BCUT2D eigenvalue weighted by Gasteiger charge is -2.32. The minimum Gasteiger partial charge on any atom is -0.379 e. The lowest BCUT2D eigenvalue weighted by molar-refractivity contribution is 0.211. The van der Waals surface area contributed by atoms with Crippen LogP contribution in [0.1, 0.15) is 24.1 Å². The lowest BCUT2D eigenvalue weighted by atomic mass is 10.0. The topological polar surface area (TPSA) is 46.0 Å². The van der Waals surface area contributed by atoms with Crippen molar-refractivity contribution >= 4 is 5.69 Å². The Kier molecular flexibility index (Phi) is 4.97. The van der Waals surface area contributed by atoms with Crippen molar-refractivity contribution in [1.29, 1.82) is 0 Å². The van der Waals surface area contributed by atoms with Crippen molar-refractivity contribution in [2.75, 3.05) is 18.4 Å². The van der Waals surface area contributed by atoms with Crippen molar-refractivity contribution in [3.05, 3.63) is 72.3 Å². The molecule has 1 N–H and O–H groups in total. The number of hydrogen-bond acceptors (Lipinski definition) is 4. The first-order valence-electron chi connectivity index (χ1n) is 9.27. The monoisotopic (exact) mass is 347 g/mol. The quantitative estimate of drug-likeness (QED) is 0.765. The Labute approximate surface area is 154 Å². The van der Waals surface area contributed by atoms with Crippen LogP contribution in [0.15, 0.2) is 61.1 Å². The van der Waals surface area contributed by atoms with Gasteiger partial charge in [0.1, 0.15) is 0 Å². The van der Waals surface area contributed by atoms with E-state index in [1.54, 1.807) is 0 Å². The highest BCUT2D eigenvalue weighted by molar-refractivity contribution is 5.50. The Bertz CT molecular complexity index is 820. The maximum atomic E-state index is 4.56. The first kappa shape index (κ1) is 16.8. The second-order valence-corrected chi connectivity index (χ2v) is 6.94. The summed E-state index contributed by atoms with van der Waals surface area (Å²) in [5, 5.41) is 8.26. The Morgan fingerprint density at radius 3 is 2.50 bits per heavy atom. The summed E-state index contributed by atoms with van der Waals surface area (Å²) in [7, 11) is 0. The second kappa shape index (κ2) is 7.70. The number of anilines is 1. The minimum atomic E-state index is 0.510. The summed E-state index contributed by atoms with van der Waals surface area (Å²) < 4.78 is 2.00. The number of hydrogen-bond donors (Lipinski definition) is 1. The van der Waals surface area contributed by atoms with E-state index in [1.165, 1.54) is 5.56 Å². The van der Waals surface area contributed by atoms with Gasteiger partial charge in [-0.25, -0.2) is 4.68 Å². The van der Waals surface area contributed by atoms with Crippen molar-refractivity contribution in [2.45, 2.75) is 32.4 Å². The lowest BCUT2D eigenvalue weighted by Crippen LogP contribution is -2.38. The Morgan fingerprint density at radius 2 is 1.77 bits per heavy atom. The van der Waals surface area contributed by atoms with Gasteiger partial charge < -0.3 is 5.32 Å². The molecule has 0 radical (unpaired) electrons. The Hall–Kier alpha value is -2.66. The zero-order valence-corrected chi connectivity index (χ0v) is 15.2. The number of nitrogens with zero attached hydrogens (tertiary/aromatic N) is 4. The van der Waals surface area contributed by atoms with Crippen LogP contribution in [0.2, 0.25) is 0 Å². The molecule has 1 saturated heterocycles. The number of likely N-dealkylation sites (tertiary alicyclic amines) is 1. The molecular weight excluding hydrogens is 322 g/mol. The van der Waals surface area contributed by atoms with Gasteiger partial charge in [-0.15, -0.1) is 0 Å². The predicted molar refractivity (Wildman–Crippen MR) is 104 cm³/mol. The predicted octanol–water partition coefficient (Wildman–Crippen LogP) is 3.65. The summed E-state index contributed by atoms with van der Waals surface area (Å²) in [6, 6.07) is 15.0. The van der Waals surface area contributed by atoms with Gasteiger partial charge in [0.25, 0.3) is 0 Å². The van der Waals surface area contributed by atoms with Gasteiger partial charge in [0.2, 0.25) is 0 Å². The summed E-state index contributed by atoms with van der Waals surface area (Å²) in [6.45, 7) is 5.37. The SMILES string of the molecule is Cc1c(NC2CCN(Cc3ccncc3)CC2)cnn1-c1ccccc1. The Morgan fingerprint density at radius 1 is 1.04 bits per heavy atom. The van der Waals surface area contributed by atoms with Crippen LogP contribution in [0.5, 0.6) is 0 Å². The molecule has 2 aromatic heterocycles. The highest BCUT2D eigenvalue weighted by Gasteiger charge is 2.20. The molecule has 3 heterocycles. The fourth-order valence-corrected chi connectivity index (χ4v) is 3.58. The van der Waals surface area contributed by atoms with Gasteiger partial charge in [0, 0.05) is 38.1 Å². The number of rotatable bonds is 5. The number of piperidine rings is 1. The molecule has 0 atom stereocenters. The van der Waals surface area contributed by atoms with Gasteiger partial charge in [-0.1, -0.05) is 18.2 Å². The average Bonchev–Trinajstić information content (AvgIpc) is 3.05. The summed E-state index contributed by atoms with van der Waals surface area (Å²) in [5.74, 6) is 0. The third-order valence-electron chi connectivity index (χ3n) is 5.11. The van der Waals surface area contributed by atoms with Crippen LogP contribution < -0.4 is 5.32 Å². The molecule has 0 unspecified atom stereocenters. The van der Waals surface area contributed by atoms with Gasteiger partial charge >= 0.3 is 0 Å². The van der Waals surface area contributed by atoms with Crippen LogP contribution in [0.3, 0.4) is 0 Å². The van der Waals surface area contributed by atoms with Crippen LogP contribution in [-0.4, -0.2) is 38.8 Å². The molecule has 3 aromatic rings. The largest absolute Gasteiger partial charge is 0.379 e. The number of pyridine rings is 1. The van der Waals surface area contributed by atoms with Crippen molar-refractivity contribution in [1.82, 2.24) is 19.7 Å². The molecule has 0 amide bonds. The van der Waals surface area contributed by atoms with Gasteiger partial charge in [-0.3, -0.25) is 9.88 Å². The molecule has 0 bridgehead atoms. The normalized spacial score (nSPS) is 15.9. The number of nitrogens with one attached hydrogen (secondary N) is 1. The zero-order valence-electron chi connectivity index (χ0n) is 15.2. The molecule has 1 aromatic carbocycles. The molecule has 4 rings (SSSR count). The first-order chi connectivity index (χ1) is 12.8. The van der Waals surface area contributed by atoms with Crippen LogP contribution in [0.25, 0.3) is 5.69 Å². The zero-order chi connectivity index (χ0) is 17.8. The van der Waals surface area contributed by atoms with E-state index in [1.807, 2.05) is 41.5 Å². The summed E-state index contributed by atoms with van der Waals surface area (Å²) in [6.07, 6.45) is 8.00. The van der Waals surface area contributed by atoms with Crippen molar-refractivity contribution in [2.24, 2.45) is 0 Å². The summed E-state index contributed by atoms with van der Waals surface area (Å²) in [5.41, 5.74) is 4.74. The van der Waals surface area contributed by atoms with Crippen molar-refractivity contribution in [3.63, 3.8) is 0 Å². The molecule has 0 aliphatic carbocycles. The molecule has 1 fully saturated rings. The molecule has 5 nitrogen and oxygen atoms in total. The second-order valence-electron chi connectivity index (χ2n) is 6.94. The van der Waals surface area contributed by atoms with E-state index < -0.39 is 0 Å². The van der Waals surface area contributed by atoms with Crippen LogP contribution >= 0.6 is 0 Å². The van der Waals surface area contributed by atoms with Gasteiger partial charge in [0.15, 0.2) is 0 Å². The number of para-hydroxylation sites is 1. The van der Waals surface area contributed by atoms with Crippen molar-refractivity contribution < 1.29 is 0 Å². The average molecular weight is 347 g/mol. The molecule has 0 spiro atoms. The summed E-state index contributed by atoms with van der Waals surface area (Å²) in [4.78, 5) is 6.61. The third kappa shape index (κ3) is 3.78. The smallest absolute Gasteiger partial charge is 0.0763 e. The molecule has 1 aliphatic rings. The van der Waals surface area contributed by atoms with Crippen LogP contribution in [0, 0.1) is 6.92 Å². The molecule has 1 aliphatic heterocycles. The maximum absolute atomic E-state index is 4.56. The fourth-order valence-electron chi connectivity index (χ4n) is 3.58. The highest BCUT2D eigenvalue weighted by atomic mass is 15.3. The van der Waals surface area contributed by atoms with Crippen molar-refractivity contribution in [3.8, 4) is 5.69 Å². The third-order valence-corrected chi connectivity index (χ3v) is 5.11. The van der Waals surface area contributed by atoms with Crippen LogP contribution in [0.4, 0.5) is 5.69 Å². The van der Waals surface area contributed by atoms with E-state index in [0.717, 1.165) is 49.5 Å². The van der Waals surface area contributed by atoms with E-state index >= 15 is 0 Å². The molecular formula is C21H25N5. The minimum absolute atomic E-state index is 0.510. The highest BCUT2D eigenvalue weighted by Crippen LogP contribution is 2.22. The van der Waals surface area contributed by atoms with E-state index in [0.29, 0.717) is 6.04 Å². The van der Waals surface area contributed by atoms with E-state index in [4.69, 9.17) is 0 Å². The molecule has 26 heavy (non-hydrogen) atoms. The molecule has 5 heteroatoms. The standard InChI is InChI=1S/C21H25N5/c1-17-21(15-23-26(17)20-5-3-2-4-6-20)24-19-9-13-25(14-10-19)16-18-7-11-22-12-8-18/h2-8,11-12,15,19,24H,9-10,13-14,16H2,1H3. The maximum Gasteiger partial charge on any atom is 0.0763 e.